The Labute approximate surface area is 99.2 Å². The first kappa shape index (κ1) is 10.8. The van der Waals surface area contributed by atoms with E-state index in [0.29, 0.717) is 5.89 Å². The number of aromatic nitrogens is 2. The molecule has 1 N–H and O–H groups in total. The van der Waals surface area contributed by atoms with Gasteiger partial charge in [-0.25, -0.2) is 0 Å². The predicted octanol–water partition coefficient (Wildman–Crippen LogP) is 2.13. The lowest BCUT2D eigenvalue weighted by molar-refractivity contribution is -0.136. The molecule has 6 heteroatoms. The maximum atomic E-state index is 10.4. The summed E-state index contributed by atoms with van der Waals surface area (Å²) in [5, 5.41) is 12.1. The molecule has 1 aromatic heterocycles. The van der Waals surface area contributed by atoms with Gasteiger partial charge in [-0.1, -0.05) is 21.1 Å². The van der Waals surface area contributed by atoms with E-state index in [1.165, 1.54) is 0 Å². The van der Waals surface area contributed by atoms with Crippen molar-refractivity contribution in [3.05, 3.63) is 34.6 Å². The highest BCUT2D eigenvalue weighted by Gasteiger charge is 2.11. The van der Waals surface area contributed by atoms with Crippen molar-refractivity contribution >= 4 is 21.9 Å². The van der Waals surface area contributed by atoms with E-state index >= 15 is 0 Å². The van der Waals surface area contributed by atoms with E-state index in [0.717, 1.165) is 10.0 Å². The first-order valence-corrected chi connectivity index (χ1v) is 5.25. The number of hydrogen-bond donors (Lipinski definition) is 1. The van der Waals surface area contributed by atoms with Gasteiger partial charge < -0.3 is 9.63 Å². The summed E-state index contributed by atoms with van der Waals surface area (Å²) in [7, 11) is 0. The van der Waals surface area contributed by atoms with Crippen LogP contribution in [0.5, 0.6) is 0 Å². The van der Waals surface area contributed by atoms with Gasteiger partial charge in [-0.2, -0.15) is 4.98 Å². The lowest BCUT2D eigenvalue weighted by Gasteiger charge is -1.93. The van der Waals surface area contributed by atoms with Gasteiger partial charge in [0.15, 0.2) is 5.82 Å². The molecule has 0 spiro atoms. The second-order valence-electron chi connectivity index (χ2n) is 3.09. The van der Waals surface area contributed by atoms with Gasteiger partial charge in [0.2, 0.25) is 0 Å². The minimum absolute atomic E-state index is 0.172. The smallest absolute Gasteiger partial charge is 0.311 e. The molecule has 5 nitrogen and oxygen atoms in total. The van der Waals surface area contributed by atoms with Crippen molar-refractivity contribution in [2.24, 2.45) is 0 Å². The van der Waals surface area contributed by atoms with Gasteiger partial charge in [0.1, 0.15) is 6.42 Å². The van der Waals surface area contributed by atoms with E-state index < -0.39 is 5.97 Å². The largest absolute Gasteiger partial charge is 0.481 e. The standard InChI is InChI=1S/C10H7BrN2O3/c11-7-3-1-6(2-4-7)10-12-8(13-16-10)5-9(14)15/h1-4H,5H2,(H,14,15). The second kappa shape index (κ2) is 4.44. The van der Waals surface area contributed by atoms with Gasteiger partial charge >= 0.3 is 5.97 Å². The Bertz CT molecular complexity index is 507. The van der Waals surface area contributed by atoms with Crippen LogP contribution in [-0.4, -0.2) is 21.2 Å². The van der Waals surface area contributed by atoms with Gasteiger partial charge in [-0.3, -0.25) is 4.79 Å². The third-order valence-corrected chi connectivity index (χ3v) is 2.40. The maximum absolute atomic E-state index is 10.4. The van der Waals surface area contributed by atoms with Crippen molar-refractivity contribution in [3.63, 3.8) is 0 Å². The molecule has 2 aromatic rings. The number of halogens is 1. The van der Waals surface area contributed by atoms with Crippen LogP contribution in [0, 0.1) is 0 Å². The van der Waals surface area contributed by atoms with Crippen LogP contribution in [0.2, 0.25) is 0 Å². The quantitative estimate of drug-likeness (QED) is 0.933. The monoisotopic (exact) mass is 282 g/mol. The van der Waals surface area contributed by atoms with Crippen LogP contribution < -0.4 is 0 Å². The van der Waals surface area contributed by atoms with Crippen LogP contribution >= 0.6 is 15.9 Å². The molecular weight excluding hydrogens is 276 g/mol. The molecule has 0 unspecified atom stereocenters. The minimum Gasteiger partial charge on any atom is -0.481 e. The number of hydrogen-bond acceptors (Lipinski definition) is 4. The number of carboxylic acid groups (broad SMARTS) is 1. The molecule has 0 aliphatic carbocycles. The highest BCUT2D eigenvalue weighted by atomic mass is 79.9. The molecule has 0 aliphatic heterocycles. The number of benzene rings is 1. The molecule has 0 bridgehead atoms. The number of nitrogens with zero attached hydrogens (tertiary/aromatic N) is 2. The van der Waals surface area contributed by atoms with Gasteiger partial charge in [0.25, 0.3) is 5.89 Å². The highest BCUT2D eigenvalue weighted by molar-refractivity contribution is 9.10. The summed E-state index contributed by atoms with van der Waals surface area (Å²) in [4.78, 5) is 14.4. The molecule has 0 aliphatic rings. The average Bonchev–Trinajstić information content (AvgIpc) is 2.66. The molecule has 0 saturated heterocycles. The fourth-order valence-corrected chi connectivity index (χ4v) is 1.44. The van der Waals surface area contributed by atoms with Gasteiger partial charge in [-0.15, -0.1) is 0 Å². The summed E-state index contributed by atoms with van der Waals surface area (Å²) >= 11 is 3.31. The molecule has 82 valence electrons. The predicted molar refractivity (Wildman–Crippen MR) is 58.8 cm³/mol. The summed E-state index contributed by atoms with van der Waals surface area (Å²) in [6.45, 7) is 0. The normalized spacial score (nSPS) is 10.3. The van der Waals surface area contributed by atoms with Crippen LogP contribution in [0.15, 0.2) is 33.3 Å². The Hall–Kier alpha value is -1.69. The summed E-state index contributed by atoms with van der Waals surface area (Å²) in [5.74, 6) is -0.489. The zero-order valence-electron chi connectivity index (χ0n) is 8.05. The Morgan fingerprint density at radius 1 is 1.38 bits per heavy atom. The fraction of sp³-hybridized carbons (Fsp3) is 0.100. The molecule has 0 fully saturated rings. The summed E-state index contributed by atoms with van der Waals surface area (Å²) in [5.41, 5.74) is 0.757. The molecule has 0 atom stereocenters. The fourth-order valence-electron chi connectivity index (χ4n) is 1.17. The first-order chi connectivity index (χ1) is 7.65. The van der Waals surface area contributed by atoms with Crippen LogP contribution in [-0.2, 0) is 11.2 Å². The van der Waals surface area contributed by atoms with Crippen molar-refractivity contribution in [1.29, 1.82) is 0 Å². The SMILES string of the molecule is O=C(O)Cc1noc(-c2ccc(Br)cc2)n1. The van der Waals surface area contributed by atoms with E-state index in [1.807, 2.05) is 24.3 Å². The number of aliphatic carboxylic acids is 1. The Morgan fingerprint density at radius 3 is 2.69 bits per heavy atom. The zero-order valence-corrected chi connectivity index (χ0v) is 9.64. The summed E-state index contributed by atoms with van der Waals surface area (Å²) in [6.07, 6.45) is -0.236. The molecule has 1 aromatic carbocycles. The van der Waals surface area contributed by atoms with Gasteiger partial charge in [0.05, 0.1) is 0 Å². The molecule has 0 radical (unpaired) electrons. The molecule has 0 amide bonds. The molecular formula is C10H7BrN2O3. The average molecular weight is 283 g/mol. The lowest BCUT2D eigenvalue weighted by Crippen LogP contribution is -2.01. The summed E-state index contributed by atoms with van der Waals surface area (Å²) in [6, 6.07) is 7.30. The van der Waals surface area contributed by atoms with E-state index in [1.54, 1.807) is 0 Å². The Balaban J connectivity index is 2.24. The second-order valence-corrected chi connectivity index (χ2v) is 4.01. The minimum atomic E-state index is -0.983. The van der Waals surface area contributed by atoms with Crippen LogP contribution in [0.4, 0.5) is 0 Å². The van der Waals surface area contributed by atoms with Crippen molar-refractivity contribution in [1.82, 2.24) is 10.1 Å². The highest BCUT2D eigenvalue weighted by Crippen LogP contribution is 2.19. The molecule has 2 rings (SSSR count). The maximum Gasteiger partial charge on any atom is 0.311 e. The zero-order chi connectivity index (χ0) is 11.5. The Morgan fingerprint density at radius 2 is 2.06 bits per heavy atom. The summed E-state index contributed by atoms with van der Waals surface area (Å²) < 4.78 is 5.90. The third-order valence-electron chi connectivity index (χ3n) is 1.87. The Kier molecular flexibility index (Phi) is 3.00. The van der Waals surface area contributed by atoms with Crippen LogP contribution in [0.1, 0.15) is 5.82 Å². The topological polar surface area (TPSA) is 76.2 Å². The van der Waals surface area contributed by atoms with Crippen molar-refractivity contribution < 1.29 is 14.4 Å². The van der Waals surface area contributed by atoms with E-state index in [4.69, 9.17) is 9.63 Å². The van der Waals surface area contributed by atoms with E-state index in [-0.39, 0.29) is 12.2 Å². The number of carboxylic acids is 1. The molecule has 16 heavy (non-hydrogen) atoms. The third kappa shape index (κ3) is 2.46. The van der Waals surface area contributed by atoms with Gasteiger partial charge in [-0.05, 0) is 24.3 Å². The van der Waals surface area contributed by atoms with Crippen LogP contribution in [0.25, 0.3) is 11.5 Å². The molecule has 0 saturated carbocycles. The first-order valence-electron chi connectivity index (χ1n) is 4.45. The lowest BCUT2D eigenvalue weighted by atomic mass is 10.2. The van der Waals surface area contributed by atoms with Gasteiger partial charge in [0, 0.05) is 10.0 Å². The number of carbonyl (C=O) groups is 1. The van der Waals surface area contributed by atoms with Crippen molar-refractivity contribution in [2.45, 2.75) is 6.42 Å². The molecule has 1 heterocycles. The van der Waals surface area contributed by atoms with Crippen molar-refractivity contribution in [3.8, 4) is 11.5 Å². The van der Waals surface area contributed by atoms with E-state index in [9.17, 15) is 4.79 Å². The van der Waals surface area contributed by atoms with Crippen molar-refractivity contribution in [2.75, 3.05) is 0 Å². The van der Waals surface area contributed by atoms with Crippen LogP contribution in [0.3, 0.4) is 0 Å². The van der Waals surface area contributed by atoms with E-state index in [2.05, 4.69) is 26.1 Å². The number of rotatable bonds is 3.